The maximum Gasteiger partial charge on any atom is 0.143 e. The van der Waals surface area contributed by atoms with Gasteiger partial charge in [-0.1, -0.05) is 340 Å². The maximum absolute atomic E-state index is 6.96. The van der Waals surface area contributed by atoms with E-state index in [9.17, 15) is 0 Å². The maximum atomic E-state index is 6.96. The lowest BCUT2D eigenvalue weighted by molar-refractivity contribution is 0.669. The van der Waals surface area contributed by atoms with Crippen LogP contribution in [0.2, 0.25) is 0 Å². The normalized spacial score (nSPS) is 11.7. The van der Waals surface area contributed by atoms with Gasteiger partial charge in [0.1, 0.15) is 22.3 Å². The van der Waals surface area contributed by atoms with Crippen molar-refractivity contribution >= 4 is 122 Å². The first-order valence-corrected chi connectivity index (χ1v) is 43.1. The topological polar surface area (TPSA) is 42.6 Å². The van der Waals surface area contributed by atoms with Crippen LogP contribution in [-0.4, -0.2) is 9.13 Å². The largest absolute Gasteiger partial charge is 0.455 e. The van der Waals surface area contributed by atoms with Gasteiger partial charge in [0, 0.05) is 99.5 Å². The molecule has 0 fully saturated rings. The van der Waals surface area contributed by atoms with E-state index in [0.717, 1.165) is 173 Å². The summed E-state index contributed by atoms with van der Waals surface area (Å²) in [6.07, 6.45) is 0. The molecule has 0 aliphatic rings. The number of fused-ring (bicyclic) bond motifs is 12. The van der Waals surface area contributed by atoms with E-state index >= 15 is 0 Å². The van der Waals surface area contributed by atoms with Crippen LogP contribution < -0.4 is 9.80 Å². The molecule has 6 heteroatoms. The van der Waals surface area contributed by atoms with E-state index in [0.29, 0.717) is 0 Å². The molecule has 0 bridgehead atoms. The molecule has 0 aliphatic carbocycles. The molecular formula is C120H78N4O2. The quantitative estimate of drug-likeness (QED) is 0.0911. The molecule has 0 amide bonds. The number of para-hydroxylation sites is 9. The van der Waals surface area contributed by atoms with Gasteiger partial charge < -0.3 is 27.8 Å². The van der Waals surface area contributed by atoms with Crippen LogP contribution >= 0.6 is 0 Å². The summed E-state index contributed by atoms with van der Waals surface area (Å²) in [7, 11) is 0. The molecule has 0 unspecified atom stereocenters. The van der Waals surface area contributed by atoms with Crippen LogP contribution in [0.15, 0.2) is 482 Å². The fraction of sp³-hybridized carbons (Fsp3) is 0. The lowest BCUT2D eigenvalue weighted by Crippen LogP contribution is -2.10. The van der Waals surface area contributed by atoms with Crippen molar-refractivity contribution in [3.05, 3.63) is 473 Å². The second-order valence-corrected chi connectivity index (χ2v) is 32.5. The van der Waals surface area contributed by atoms with Gasteiger partial charge in [-0.2, -0.15) is 0 Å². The van der Waals surface area contributed by atoms with Crippen molar-refractivity contribution in [1.29, 1.82) is 0 Å². The van der Waals surface area contributed by atoms with Crippen molar-refractivity contribution in [2.75, 3.05) is 9.80 Å². The average molecular weight is 1610 g/mol. The molecule has 590 valence electrons. The minimum atomic E-state index is 0.846. The Balaban J connectivity index is 0.586. The molecule has 0 N–H and O–H groups in total. The third-order valence-electron chi connectivity index (χ3n) is 25.4. The Morgan fingerprint density at radius 2 is 0.437 bits per heavy atom. The molecule has 0 radical (unpaired) electrons. The van der Waals surface area contributed by atoms with Gasteiger partial charge in [-0.05, 0) is 211 Å². The summed E-state index contributed by atoms with van der Waals surface area (Å²) in [6.45, 7) is 0. The molecule has 126 heavy (non-hydrogen) atoms. The highest BCUT2D eigenvalue weighted by Crippen LogP contribution is 2.49. The molecule has 0 saturated heterocycles. The molecule has 6 nitrogen and oxygen atoms in total. The molecule has 0 saturated carbocycles. The molecule has 20 aromatic carbocycles. The zero-order chi connectivity index (χ0) is 83.1. The number of furan rings is 2. The van der Waals surface area contributed by atoms with Crippen molar-refractivity contribution in [1.82, 2.24) is 9.13 Å². The lowest BCUT2D eigenvalue weighted by Gasteiger charge is -2.27. The fourth-order valence-corrected chi connectivity index (χ4v) is 19.5. The van der Waals surface area contributed by atoms with Crippen LogP contribution in [0.1, 0.15) is 0 Å². The summed E-state index contributed by atoms with van der Waals surface area (Å²) in [4.78, 5) is 4.79. The highest BCUT2D eigenvalue weighted by molar-refractivity contribution is 6.14. The summed E-state index contributed by atoms with van der Waals surface area (Å²) in [5, 5.41) is 9.26. The first kappa shape index (κ1) is 73.1. The second kappa shape index (κ2) is 30.7. The lowest BCUT2D eigenvalue weighted by atomic mass is 9.92. The van der Waals surface area contributed by atoms with Crippen molar-refractivity contribution in [2.45, 2.75) is 0 Å². The molecular weight excluding hydrogens is 1530 g/mol. The molecule has 0 aliphatic heterocycles. The number of aromatic nitrogens is 2. The van der Waals surface area contributed by atoms with E-state index in [2.05, 4.69) is 486 Å². The standard InChI is InChI=1S/C120H78N4O2/c1-2-28-80(29-3-1)95-36-4-5-37-96(95)82-62-68-89(69-63-82)121(92-33-25-31-86(75-92)99-40-8-16-50-111(99)123-113-52-18-10-42-102(113)103-43-11-19-53-114(103)123)90-72-66-84(67-73-90)109-77-88(78-110-107-47-15-23-57-118(107)126-120(109)110)79-58-60-81(61-59-79)97-38-6-7-39-98(97)85-30-24-34-93(74-85)122(91-70-64-83(65-71-91)101-48-27-49-108-106-46-14-22-56-117(106)125-119(101)108)94-35-26-32-87(76-94)100-41-9-17-51-112(100)124-115-54-20-12-44-104(115)105-45-13-21-55-116(105)124/h1-78H. The number of anilines is 6. The van der Waals surface area contributed by atoms with Gasteiger partial charge >= 0.3 is 0 Å². The highest BCUT2D eigenvalue weighted by Gasteiger charge is 2.25. The first-order chi connectivity index (χ1) is 62.5. The summed E-state index contributed by atoms with van der Waals surface area (Å²) in [6, 6.07) is 172. The number of hydrogen-bond acceptors (Lipinski definition) is 4. The SMILES string of the molecule is c1ccc(-c2ccccc2-c2ccc(N(c3ccc(-c4cc(-c5ccc(-c6ccccc6-c6cccc(N(c7ccc(-c8cccc9c8oc8ccccc89)cc7)c7cccc(-c8ccccc8-n8c9ccccc9c9ccccc98)c7)c6)cc5)cc5c4oc4ccccc45)cc3)c3cccc(-c4ccccc4-n4c5ccccc5c5ccccc54)c3)cc2)cc1. The van der Waals surface area contributed by atoms with Crippen molar-refractivity contribution in [2.24, 2.45) is 0 Å². The van der Waals surface area contributed by atoms with Gasteiger partial charge in [0.25, 0.3) is 0 Å². The van der Waals surface area contributed by atoms with Crippen LogP contribution in [-0.2, 0) is 0 Å². The van der Waals surface area contributed by atoms with Crippen molar-refractivity contribution < 1.29 is 8.83 Å². The number of hydrogen-bond donors (Lipinski definition) is 0. The Bertz CT molecular complexity index is 8230. The Labute approximate surface area is 729 Å². The van der Waals surface area contributed by atoms with Gasteiger partial charge in [-0.3, -0.25) is 0 Å². The Kier molecular flexibility index (Phi) is 17.8. The minimum Gasteiger partial charge on any atom is -0.455 e. The Morgan fingerprint density at radius 3 is 0.889 bits per heavy atom. The van der Waals surface area contributed by atoms with E-state index in [4.69, 9.17) is 8.83 Å². The van der Waals surface area contributed by atoms with Gasteiger partial charge in [-0.25, -0.2) is 0 Å². The third-order valence-corrected chi connectivity index (χ3v) is 25.4. The predicted octanol–water partition coefficient (Wildman–Crippen LogP) is 33.6. The average Bonchev–Trinajstić information content (AvgIpc) is 1.61. The van der Waals surface area contributed by atoms with Gasteiger partial charge in [0.15, 0.2) is 0 Å². The van der Waals surface area contributed by atoms with Crippen LogP contribution in [0, 0.1) is 0 Å². The Hall–Kier alpha value is -16.8. The summed E-state index contributed by atoms with van der Waals surface area (Å²) >= 11 is 0. The van der Waals surface area contributed by atoms with E-state index in [1.165, 1.54) is 60.3 Å². The minimum absolute atomic E-state index is 0.846. The number of rotatable bonds is 17. The first-order valence-electron chi connectivity index (χ1n) is 43.1. The molecule has 4 heterocycles. The zero-order valence-corrected chi connectivity index (χ0v) is 68.6. The van der Waals surface area contributed by atoms with E-state index in [1.54, 1.807) is 0 Å². The zero-order valence-electron chi connectivity index (χ0n) is 68.6. The molecule has 0 atom stereocenters. The molecule has 4 aromatic heterocycles. The monoisotopic (exact) mass is 1610 g/mol. The van der Waals surface area contributed by atoms with Crippen LogP contribution in [0.3, 0.4) is 0 Å². The van der Waals surface area contributed by atoms with Gasteiger partial charge in [0.2, 0.25) is 0 Å². The smallest absolute Gasteiger partial charge is 0.143 e. The van der Waals surface area contributed by atoms with E-state index in [1.807, 2.05) is 6.07 Å². The summed E-state index contributed by atoms with van der Waals surface area (Å²) < 4.78 is 18.4. The third kappa shape index (κ3) is 12.6. The van der Waals surface area contributed by atoms with Crippen LogP contribution in [0.5, 0.6) is 0 Å². The van der Waals surface area contributed by atoms with Gasteiger partial charge in [-0.15, -0.1) is 0 Å². The second-order valence-electron chi connectivity index (χ2n) is 32.5. The molecule has 24 aromatic rings. The van der Waals surface area contributed by atoms with Crippen molar-refractivity contribution in [3.8, 4) is 112 Å². The van der Waals surface area contributed by atoms with Gasteiger partial charge in [0.05, 0.1) is 33.4 Å². The predicted molar refractivity (Wildman–Crippen MR) is 528 cm³/mol. The molecule has 24 rings (SSSR count). The van der Waals surface area contributed by atoms with Crippen LogP contribution in [0.25, 0.3) is 199 Å². The fourth-order valence-electron chi connectivity index (χ4n) is 19.5. The number of nitrogens with zero attached hydrogens (tertiary/aromatic N) is 4. The van der Waals surface area contributed by atoms with Crippen LogP contribution in [0.4, 0.5) is 34.1 Å². The summed E-state index contributed by atoms with van der Waals surface area (Å²) in [5.41, 5.74) is 36.5. The van der Waals surface area contributed by atoms with E-state index in [-0.39, 0.29) is 0 Å². The Morgan fingerprint density at radius 1 is 0.151 bits per heavy atom. The summed E-state index contributed by atoms with van der Waals surface area (Å²) in [5.74, 6) is 0. The molecule has 0 spiro atoms. The number of benzene rings is 20. The van der Waals surface area contributed by atoms with E-state index < -0.39 is 0 Å². The van der Waals surface area contributed by atoms with Crippen molar-refractivity contribution in [3.63, 3.8) is 0 Å². The highest BCUT2D eigenvalue weighted by atomic mass is 16.3.